The van der Waals surface area contributed by atoms with Gasteiger partial charge in [0.05, 0.1) is 6.26 Å². The summed E-state index contributed by atoms with van der Waals surface area (Å²) in [5.41, 5.74) is 6.82. The van der Waals surface area contributed by atoms with Crippen LogP contribution in [0.2, 0.25) is 0 Å². The van der Waals surface area contributed by atoms with E-state index in [0.717, 1.165) is 17.4 Å². The number of ether oxygens (including phenoxy) is 1. The summed E-state index contributed by atoms with van der Waals surface area (Å²) in [7, 11) is -3.25. The molecule has 0 heterocycles. The van der Waals surface area contributed by atoms with E-state index in [1.54, 1.807) is 12.1 Å². The lowest BCUT2D eigenvalue weighted by atomic mass is 10.1. The molecule has 7 heteroatoms. The van der Waals surface area contributed by atoms with Crippen LogP contribution in [0.15, 0.2) is 18.2 Å². The lowest BCUT2D eigenvalue weighted by Crippen LogP contribution is -2.23. The Hall–Kier alpha value is -1.18. The molecule has 0 aromatic heterocycles. The molecule has 0 unspecified atom stereocenters. The van der Waals surface area contributed by atoms with Crippen molar-refractivity contribution in [2.75, 3.05) is 19.4 Å². The summed E-state index contributed by atoms with van der Waals surface area (Å²) < 4.78 is 42.7. The number of nitrogens with one attached hydrogen (secondary N) is 1. The maximum absolute atomic E-state index is 13.0. The molecule has 0 radical (unpaired) electrons. The Balaban J connectivity index is 2.71. The van der Waals surface area contributed by atoms with Gasteiger partial charge in [0.15, 0.2) is 0 Å². The van der Waals surface area contributed by atoms with Gasteiger partial charge in [-0.3, -0.25) is 0 Å². The lowest BCUT2D eigenvalue weighted by Gasteiger charge is -2.11. The third-order valence-electron chi connectivity index (χ3n) is 2.34. The van der Waals surface area contributed by atoms with Crippen LogP contribution in [0.5, 0.6) is 5.75 Å². The van der Waals surface area contributed by atoms with Gasteiger partial charge in [-0.25, -0.2) is 17.5 Å². The Kier molecular flexibility index (Phi) is 5.71. The minimum Gasteiger partial charge on any atom is -0.490 e. The van der Waals surface area contributed by atoms with Gasteiger partial charge in [-0.05, 0) is 30.2 Å². The van der Waals surface area contributed by atoms with Gasteiger partial charge in [0.2, 0.25) is 10.0 Å². The molecule has 108 valence electrons. The smallest absolute Gasteiger partial charge is 0.209 e. The molecule has 5 nitrogen and oxygen atoms in total. The van der Waals surface area contributed by atoms with Crippen molar-refractivity contribution in [3.63, 3.8) is 0 Å². The predicted molar refractivity (Wildman–Crippen MR) is 72.3 cm³/mol. The minimum absolute atomic E-state index is 0.0890. The number of benzene rings is 1. The summed E-state index contributed by atoms with van der Waals surface area (Å²) in [6.45, 7) is 1.83. The monoisotopic (exact) mass is 290 g/mol. The first-order valence-corrected chi connectivity index (χ1v) is 7.71. The molecule has 3 N–H and O–H groups in total. The van der Waals surface area contributed by atoms with E-state index in [2.05, 4.69) is 4.72 Å². The van der Waals surface area contributed by atoms with Crippen LogP contribution in [-0.2, 0) is 16.6 Å². The normalized spacial score (nSPS) is 13.3. The molecule has 1 aromatic carbocycles. The van der Waals surface area contributed by atoms with Crippen molar-refractivity contribution >= 4 is 10.0 Å². The summed E-state index contributed by atoms with van der Waals surface area (Å²) >= 11 is 0. The first-order chi connectivity index (χ1) is 8.80. The molecule has 0 aliphatic rings. The van der Waals surface area contributed by atoms with Crippen LogP contribution in [0.25, 0.3) is 0 Å². The van der Waals surface area contributed by atoms with E-state index in [1.165, 1.54) is 0 Å². The molecular formula is C12H19FN2O3S. The van der Waals surface area contributed by atoms with E-state index in [-0.39, 0.29) is 19.7 Å². The average Bonchev–Trinajstić information content (AvgIpc) is 2.32. The molecule has 0 saturated carbocycles. The predicted octanol–water partition coefficient (Wildman–Crippen LogP) is 0.720. The number of nitrogens with two attached hydrogens (primary N) is 1. The molecular weight excluding hydrogens is 271 g/mol. The number of alkyl halides is 1. The zero-order chi connectivity index (χ0) is 14.5. The first kappa shape index (κ1) is 15.9. The summed E-state index contributed by atoms with van der Waals surface area (Å²) in [4.78, 5) is 0. The molecule has 1 atom stereocenters. The van der Waals surface area contributed by atoms with E-state index >= 15 is 0 Å². The molecule has 1 rings (SSSR count). The van der Waals surface area contributed by atoms with E-state index in [9.17, 15) is 12.8 Å². The highest BCUT2D eigenvalue weighted by atomic mass is 32.2. The van der Waals surface area contributed by atoms with Crippen molar-refractivity contribution in [1.29, 1.82) is 0 Å². The second kappa shape index (κ2) is 6.83. The molecule has 0 saturated heterocycles. The fraction of sp³-hybridized carbons (Fsp3) is 0.500. The standard InChI is InChI=1S/C12H19FN2O3S/c1-9-3-10(7-15-19(2,16)17)5-12(4-9)18-8-11(13)6-14/h3-5,11,15H,6-8,14H2,1-2H3/t11-/m1/s1. The number of sulfonamides is 1. The van der Waals surface area contributed by atoms with Crippen LogP contribution in [0.3, 0.4) is 0 Å². The Bertz CT molecular complexity index is 520. The molecule has 0 aliphatic heterocycles. The summed E-state index contributed by atoms with van der Waals surface area (Å²) in [6.07, 6.45) is -0.118. The van der Waals surface area contributed by atoms with Gasteiger partial charge in [-0.2, -0.15) is 0 Å². The maximum Gasteiger partial charge on any atom is 0.209 e. The second-order valence-corrected chi connectivity index (χ2v) is 6.22. The van der Waals surface area contributed by atoms with Crippen molar-refractivity contribution in [1.82, 2.24) is 4.72 Å². The van der Waals surface area contributed by atoms with Crippen LogP contribution in [-0.4, -0.2) is 34.0 Å². The van der Waals surface area contributed by atoms with E-state index in [1.807, 2.05) is 13.0 Å². The highest BCUT2D eigenvalue weighted by molar-refractivity contribution is 7.88. The highest BCUT2D eigenvalue weighted by Crippen LogP contribution is 2.17. The van der Waals surface area contributed by atoms with E-state index in [0.29, 0.717) is 5.75 Å². The Morgan fingerprint density at radius 3 is 2.68 bits per heavy atom. The minimum atomic E-state index is -3.25. The zero-order valence-corrected chi connectivity index (χ0v) is 11.8. The van der Waals surface area contributed by atoms with E-state index < -0.39 is 16.2 Å². The summed E-state index contributed by atoms with van der Waals surface area (Å²) in [6, 6.07) is 5.27. The number of halogens is 1. The summed E-state index contributed by atoms with van der Waals surface area (Å²) in [5, 5.41) is 0. The number of hydrogen-bond donors (Lipinski definition) is 2. The number of hydrogen-bond acceptors (Lipinski definition) is 4. The Labute approximate surface area is 113 Å². The van der Waals surface area contributed by atoms with Gasteiger partial charge in [0.1, 0.15) is 18.5 Å². The van der Waals surface area contributed by atoms with Crippen molar-refractivity contribution in [3.8, 4) is 5.75 Å². The first-order valence-electron chi connectivity index (χ1n) is 5.82. The second-order valence-electron chi connectivity index (χ2n) is 4.39. The molecule has 0 fully saturated rings. The van der Waals surface area contributed by atoms with Crippen LogP contribution in [0.4, 0.5) is 4.39 Å². The van der Waals surface area contributed by atoms with Crippen LogP contribution >= 0.6 is 0 Å². The number of rotatable bonds is 7. The van der Waals surface area contributed by atoms with Gasteiger partial charge < -0.3 is 10.5 Å². The van der Waals surface area contributed by atoms with Crippen LogP contribution in [0.1, 0.15) is 11.1 Å². The zero-order valence-electron chi connectivity index (χ0n) is 11.0. The molecule has 19 heavy (non-hydrogen) atoms. The fourth-order valence-corrected chi connectivity index (χ4v) is 1.91. The average molecular weight is 290 g/mol. The molecule has 0 aliphatic carbocycles. The van der Waals surface area contributed by atoms with Gasteiger partial charge in [-0.15, -0.1) is 0 Å². The van der Waals surface area contributed by atoms with Gasteiger partial charge in [0.25, 0.3) is 0 Å². The molecule has 1 aromatic rings. The van der Waals surface area contributed by atoms with Gasteiger partial charge in [-0.1, -0.05) is 6.07 Å². The third kappa shape index (κ3) is 6.51. The molecule has 0 amide bonds. The SMILES string of the molecule is Cc1cc(CNS(C)(=O)=O)cc(OC[C@H](F)CN)c1. The van der Waals surface area contributed by atoms with Crippen molar-refractivity contribution in [2.24, 2.45) is 5.73 Å². The van der Waals surface area contributed by atoms with Crippen molar-refractivity contribution in [3.05, 3.63) is 29.3 Å². The molecule has 0 bridgehead atoms. The quantitative estimate of drug-likeness (QED) is 0.775. The lowest BCUT2D eigenvalue weighted by molar-refractivity contribution is 0.201. The van der Waals surface area contributed by atoms with Crippen molar-refractivity contribution in [2.45, 2.75) is 19.6 Å². The highest BCUT2D eigenvalue weighted by Gasteiger charge is 2.07. The van der Waals surface area contributed by atoms with Crippen molar-refractivity contribution < 1.29 is 17.5 Å². The molecule has 0 spiro atoms. The Morgan fingerprint density at radius 2 is 2.11 bits per heavy atom. The third-order valence-corrected chi connectivity index (χ3v) is 3.00. The maximum atomic E-state index is 13.0. The number of aryl methyl sites for hydroxylation is 1. The summed E-state index contributed by atoms with van der Waals surface area (Å²) in [5.74, 6) is 0.501. The fourth-order valence-electron chi connectivity index (χ4n) is 1.48. The topological polar surface area (TPSA) is 81.4 Å². The Morgan fingerprint density at radius 1 is 1.42 bits per heavy atom. The largest absolute Gasteiger partial charge is 0.490 e. The van der Waals surface area contributed by atoms with E-state index in [4.69, 9.17) is 10.5 Å². The van der Waals surface area contributed by atoms with Gasteiger partial charge >= 0.3 is 0 Å². The van der Waals surface area contributed by atoms with Gasteiger partial charge in [0, 0.05) is 13.1 Å². The van der Waals surface area contributed by atoms with Crippen LogP contribution < -0.4 is 15.2 Å². The van der Waals surface area contributed by atoms with Crippen LogP contribution in [0, 0.1) is 6.92 Å².